The van der Waals surface area contributed by atoms with Crippen molar-refractivity contribution >= 4 is 29.4 Å². The first-order chi connectivity index (χ1) is 12.5. The van der Waals surface area contributed by atoms with Crippen LogP contribution in [-0.2, 0) is 23.9 Å². The summed E-state index contributed by atoms with van der Waals surface area (Å²) in [6, 6.07) is 8.78. The fraction of sp³-hybridized carbons (Fsp3) is 0.368. The van der Waals surface area contributed by atoms with E-state index < -0.39 is 24.5 Å². The number of imide groups is 1. The van der Waals surface area contributed by atoms with Crippen LogP contribution < -0.4 is 5.32 Å². The second-order valence-corrected chi connectivity index (χ2v) is 6.41. The summed E-state index contributed by atoms with van der Waals surface area (Å²) in [6.45, 7) is 0.973. The molecule has 7 nitrogen and oxygen atoms in total. The predicted molar refractivity (Wildman–Crippen MR) is 92.7 cm³/mol. The molecule has 1 aromatic rings. The minimum absolute atomic E-state index is 0.345. The molecule has 1 aromatic carbocycles. The summed E-state index contributed by atoms with van der Waals surface area (Å²) in [4.78, 5) is 49.8. The summed E-state index contributed by atoms with van der Waals surface area (Å²) >= 11 is 0. The van der Waals surface area contributed by atoms with Gasteiger partial charge in [-0.05, 0) is 31.9 Å². The quantitative estimate of drug-likeness (QED) is 0.490. The summed E-state index contributed by atoms with van der Waals surface area (Å²) in [6.07, 6.45) is 3.74. The molecular formula is C19H20N2O5. The highest BCUT2D eigenvalue weighted by atomic mass is 16.5. The Bertz CT molecular complexity index is 732. The van der Waals surface area contributed by atoms with Gasteiger partial charge < -0.3 is 10.1 Å². The van der Waals surface area contributed by atoms with Gasteiger partial charge in [-0.2, -0.15) is 0 Å². The average Bonchev–Trinajstić information content (AvgIpc) is 2.88. The van der Waals surface area contributed by atoms with Gasteiger partial charge in [0.05, 0.1) is 11.8 Å². The van der Waals surface area contributed by atoms with Crippen molar-refractivity contribution in [3.63, 3.8) is 0 Å². The second kappa shape index (κ2) is 7.51. The number of nitrogens with one attached hydrogen (secondary N) is 1. The fourth-order valence-electron chi connectivity index (χ4n) is 3.21. The topological polar surface area (TPSA) is 92.8 Å². The van der Waals surface area contributed by atoms with Crippen LogP contribution in [-0.4, -0.2) is 41.2 Å². The molecule has 0 radical (unpaired) electrons. The summed E-state index contributed by atoms with van der Waals surface area (Å²) in [5.41, 5.74) is 0.585. The Hall–Kier alpha value is -2.96. The molecule has 0 bridgehead atoms. The van der Waals surface area contributed by atoms with Crippen LogP contribution in [0.5, 0.6) is 0 Å². The molecule has 3 rings (SSSR count). The number of allylic oxidation sites excluding steroid dienone is 2. The van der Waals surface area contributed by atoms with Crippen LogP contribution in [0.1, 0.15) is 19.8 Å². The molecule has 1 N–H and O–H groups in total. The number of hydrogen-bond donors (Lipinski definition) is 1. The molecule has 3 atom stereocenters. The number of fused-ring (bicyclic) bond motifs is 1. The van der Waals surface area contributed by atoms with E-state index in [1.54, 1.807) is 24.3 Å². The van der Waals surface area contributed by atoms with E-state index >= 15 is 0 Å². The van der Waals surface area contributed by atoms with E-state index in [0.29, 0.717) is 18.5 Å². The van der Waals surface area contributed by atoms with Gasteiger partial charge in [0.2, 0.25) is 11.8 Å². The lowest BCUT2D eigenvalue weighted by atomic mass is 9.85. The lowest BCUT2D eigenvalue weighted by molar-refractivity contribution is -0.158. The van der Waals surface area contributed by atoms with Crippen molar-refractivity contribution in [1.82, 2.24) is 4.90 Å². The number of carbonyl (C=O) groups excluding carboxylic acids is 4. The van der Waals surface area contributed by atoms with E-state index in [0.717, 1.165) is 4.90 Å². The number of para-hydroxylation sites is 1. The van der Waals surface area contributed by atoms with Crippen molar-refractivity contribution < 1.29 is 23.9 Å². The molecule has 3 amide bonds. The summed E-state index contributed by atoms with van der Waals surface area (Å²) < 4.78 is 5.08. The molecule has 3 unspecified atom stereocenters. The molecule has 1 fully saturated rings. The highest BCUT2D eigenvalue weighted by Gasteiger charge is 2.47. The Balaban J connectivity index is 1.54. The molecule has 1 saturated heterocycles. The van der Waals surface area contributed by atoms with Gasteiger partial charge in [0.1, 0.15) is 6.54 Å². The number of anilines is 1. The molecule has 1 aliphatic carbocycles. The molecule has 1 aliphatic heterocycles. The minimum Gasteiger partial charge on any atom is -0.451 e. The number of esters is 1. The third kappa shape index (κ3) is 3.66. The molecule has 7 heteroatoms. The van der Waals surface area contributed by atoms with Gasteiger partial charge in [0, 0.05) is 5.69 Å². The van der Waals surface area contributed by atoms with Crippen LogP contribution >= 0.6 is 0 Å². The Morgan fingerprint density at radius 3 is 2.27 bits per heavy atom. The van der Waals surface area contributed by atoms with Gasteiger partial charge in [-0.3, -0.25) is 24.1 Å². The number of nitrogens with zero attached hydrogens (tertiary/aromatic N) is 1. The second-order valence-electron chi connectivity index (χ2n) is 6.41. The SMILES string of the molecule is CC(OC(=O)CN1C(=O)C2CC=CCC2C1=O)C(=O)Nc1ccccc1. The Morgan fingerprint density at radius 1 is 1.12 bits per heavy atom. The van der Waals surface area contributed by atoms with Gasteiger partial charge in [0.15, 0.2) is 6.10 Å². The molecule has 2 aliphatic rings. The van der Waals surface area contributed by atoms with Gasteiger partial charge in [0.25, 0.3) is 5.91 Å². The number of benzene rings is 1. The molecule has 0 aromatic heterocycles. The third-order valence-corrected chi connectivity index (χ3v) is 4.60. The molecule has 0 spiro atoms. The van der Waals surface area contributed by atoms with E-state index in [-0.39, 0.29) is 23.7 Å². The van der Waals surface area contributed by atoms with E-state index in [2.05, 4.69) is 5.32 Å². The van der Waals surface area contributed by atoms with Gasteiger partial charge in [-0.15, -0.1) is 0 Å². The first kappa shape index (κ1) is 17.8. The first-order valence-corrected chi connectivity index (χ1v) is 8.53. The summed E-state index contributed by atoms with van der Waals surface area (Å²) in [5.74, 6) is -2.74. The maximum Gasteiger partial charge on any atom is 0.326 e. The van der Waals surface area contributed by atoms with Crippen LogP contribution in [0.15, 0.2) is 42.5 Å². The highest BCUT2D eigenvalue weighted by Crippen LogP contribution is 2.34. The highest BCUT2D eigenvalue weighted by molar-refractivity contribution is 6.07. The van der Waals surface area contributed by atoms with E-state index in [4.69, 9.17) is 4.74 Å². The zero-order chi connectivity index (χ0) is 18.7. The molecular weight excluding hydrogens is 336 g/mol. The normalized spacial score (nSPS) is 22.7. The summed E-state index contributed by atoms with van der Waals surface area (Å²) in [7, 11) is 0. The van der Waals surface area contributed by atoms with Gasteiger partial charge in [-0.25, -0.2) is 0 Å². The summed E-state index contributed by atoms with van der Waals surface area (Å²) in [5, 5.41) is 2.63. The van der Waals surface area contributed by atoms with Crippen LogP contribution in [0.25, 0.3) is 0 Å². The van der Waals surface area contributed by atoms with Crippen LogP contribution in [0, 0.1) is 11.8 Å². The standard InChI is InChI=1S/C19H20N2O5/c1-12(17(23)20-13-7-3-2-4-8-13)26-16(22)11-21-18(24)14-9-5-6-10-15(14)19(21)25/h2-8,12,14-15H,9-11H2,1H3,(H,20,23). The number of likely N-dealkylation sites (tertiary alicyclic amines) is 1. The van der Waals surface area contributed by atoms with E-state index in [9.17, 15) is 19.2 Å². The maximum absolute atomic E-state index is 12.3. The van der Waals surface area contributed by atoms with Gasteiger partial charge in [-0.1, -0.05) is 30.4 Å². The smallest absolute Gasteiger partial charge is 0.326 e. The molecule has 1 heterocycles. The number of amides is 3. The first-order valence-electron chi connectivity index (χ1n) is 8.53. The van der Waals surface area contributed by atoms with Gasteiger partial charge >= 0.3 is 5.97 Å². The molecule has 26 heavy (non-hydrogen) atoms. The fourth-order valence-corrected chi connectivity index (χ4v) is 3.21. The molecule has 0 saturated carbocycles. The number of hydrogen-bond acceptors (Lipinski definition) is 5. The lowest BCUT2D eigenvalue weighted by Gasteiger charge is -2.17. The number of ether oxygens (including phenoxy) is 1. The van der Waals surface area contributed by atoms with Crippen LogP contribution in [0.3, 0.4) is 0 Å². The van der Waals surface area contributed by atoms with Crippen molar-refractivity contribution in [3.8, 4) is 0 Å². The minimum atomic E-state index is -1.04. The lowest BCUT2D eigenvalue weighted by Crippen LogP contribution is -2.39. The van der Waals surface area contributed by atoms with Crippen LogP contribution in [0.2, 0.25) is 0 Å². The van der Waals surface area contributed by atoms with Crippen molar-refractivity contribution in [2.45, 2.75) is 25.9 Å². The Labute approximate surface area is 151 Å². The zero-order valence-electron chi connectivity index (χ0n) is 14.4. The average molecular weight is 356 g/mol. The van der Waals surface area contributed by atoms with Crippen molar-refractivity contribution in [3.05, 3.63) is 42.5 Å². The van der Waals surface area contributed by atoms with Crippen molar-refractivity contribution in [2.75, 3.05) is 11.9 Å². The third-order valence-electron chi connectivity index (χ3n) is 4.60. The number of rotatable bonds is 5. The monoisotopic (exact) mass is 356 g/mol. The largest absolute Gasteiger partial charge is 0.451 e. The zero-order valence-corrected chi connectivity index (χ0v) is 14.4. The van der Waals surface area contributed by atoms with E-state index in [1.165, 1.54) is 6.92 Å². The maximum atomic E-state index is 12.3. The Morgan fingerprint density at radius 2 is 1.69 bits per heavy atom. The van der Waals surface area contributed by atoms with Crippen molar-refractivity contribution in [2.24, 2.45) is 11.8 Å². The van der Waals surface area contributed by atoms with Crippen molar-refractivity contribution in [1.29, 1.82) is 0 Å². The molecule has 136 valence electrons. The van der Waals surface area contributed by atoms with E-state index in [1.807, 2.05) is 18.2 Å². The van der Waals surface area contributed by atoms with Crippen LogP contribution in [0.4, 0.5) is 5.69 Å². The number of carbonyl (C=O) groups is 4. The Kier molecular flexibility index (Phi) is 5.16. The predicted octanol–water partition coefficient (Wildman–Crippen LogP) is 1.51.